The Bertz CT molecular complexity index is 1070. The molecule has 1 aliphatic carbocycles. The van der Waals surface area contributed by atoms with E-state index in [1.165, 1.54) is 12.3 Å². The number of alkyl halides is 3. The third-order valence-electron chi connectivity index (χ3n) is 7.24. The van der Waals surface area contributed by atoms with E-state index in [4.69, 9.17) is 4.74 Å². The molecule has 1 aliphatic heterocycles. The average Bonchev–Trinajstić information content (AvgIpc) is 2.88. The number of benzene rings is 1. The first-order valence-corrected chi connectivity index (χ1v) is 14.1. The van der Waals surface area contributed by atoms with Crippen LogP contribution in [0.3, 0.4) is 0 Å². The highest BCUT2D eigenvalue weighted by Crippen LogP contribution is 2.30. The fourth-order valence-corrected chi connectivity index (χ4v) is 6.35. The molecule has 1 saturated carbocycles. The van der Waals surface area contributed by atoms with E-state index in [0.717, 1.165) is 76.7 Å². The van der Waals surface area contributed by atoms with Gasteiger partial charge < -0.3 is 9.64 Å². The van der Waals surface area contributed by atoms with Crippen molar-refractivity contribution in [1.29, 1.82) is 0 Å². The first-order chi connectivity index (χ1) is 17.2. The van der Waals surface area contributed by atoms with Crippen LogP contribution in [0.5, 0.6) is 0 Å². The summed E-state index contributed by atoms with van der Waals surface area (Å²) in [6, 6.07) is 8.48. The molecule has 4 rings (SSSR count). The third-order valence-corrected chi connectivity index (χ3v) is 8.75. The molecule has 2 fully saturated rings. The van der Waals surface area contributed by atoms with Crippen LogP contribution in [-0.4, -0.2) is 50.1 Å². The Morgan fingerprint density at radius 3 is 2.44 bits per heavy atom. The van der Waals surface area contributed by atoms with Crippen molar-refractivity contribution in [2.45, 2.75) is 74.8 Å². The Hall–Kier alpha value is -2.01. The van der Waals surface area contributed by atoms with E-state index in [9.17, 15) is 21.6 Å². The van der Waals surface area contributed by atoms with Gasteiger partial charge in [0.15, 0.2) is 0 Å². The summed E-state index contributed by atoms with van der Waals surface area (Å²) in [7, 11) is -3.53. The van der Waals surface area contributed by atoms with Gasteiger partial charge in [0.2, 0.25) is 10.0 Å². The second-order valence-electron chi connectivity index (χ2n) is 9.87. The van der Waals surface area contributed by atoms with Crippen LogP contribution < -0.4 is 4.72 Å². The Labute approximate surface area is 211 Å². The summed E-state index contributed by atoms with van der Waals surface area (Å²) in [6.07, 6.45) is 5.21. The van der Waals surface area contributed by atoms with Crippen molar-refractivity contribution in [2.75, 3.05) is 19.6 Å². The average molecular weight is 526 g/mol. The predicted molar refractivity (Wildman–Crippen MR) is 131 cm³/mol. The maximum atomic E-state index is 12.9. The number of rotatable bonds is 9. The van der Waals surface area contributed by atoms with E-state index >= 15 is 0 Å². The minimum Gasteiger partial charge on any atom is -0.373 e. The van der Waals surface area contributed by atoms with E-state index in [-0.39, 0.29) is 23.6 Å². The van der Waals surface area contributed by atoms with E-state index in [1.54, 1.807) is 24.4 Å². The van der Waals surface area contributed by atoms with Crippen molar-refractivity contribution in [3.63, 3.8) is 0 Å². The zero-order valence-electron chi connectivity index (χ0n) is 20.3. The minimum absolute atomic E-state index is 0.0313. The van der Waals surface area contributed by atoms with E-state index in [1.807, 2.05) is 0 Å². The number of ether oxygens (including phenoxy) is 1. The van der Waals surface area contributed by atoms with Crippen LogP contribution in [0.15, 0.2) is 53.7 Å². The lowest BCUT2D eigenvalue weighted by Crippen LogP contribution is -2.39. The van der Waals surface area contributed by atoms with Crippen LogP contribution in [0.4, 0.5) is 13.2 Å². The molecule has 2 heterocycles. The molecular formula is C26H34F3N3O3S. The van der Waals surface area contributed by atoms with E-state index < -0.39 is 21.8 Å². The van der Waals surface area contributed by atoms with Crippen molar-refractivity contribution >= 4 is 10.0 Å². The number of halogens is 3. The van der Waals surface area contributed by atoms with Gasteiger partial charge in [0.25, 0.3) is 0 Å². The molecule has 36 heavy (non-hydrogen) atoms. The lowest BCUT2D eigenvalue weighted by Gasteiger charge is -2.34. The Morgan fingerprint density at radius 2 is 1.78 bits per heavy atom. The van der Waals surface area contributed by atoms with Gasteiger partial charge in [0.1, 0.15) is 4.90 Å². The van der Waals surface area contributed by atoms with Gasteiger partial charge in [0, 0.05) is 31.5 Å². The highest BCUT2D eigenvalue weighted by molar-refractivity contribution is 7.89. The van der Waals surface area contributed by atoms with Crippen molar-refractivity contribution in [1.82, 2.24) is 14.6 Å². The number of nitrogens with one attached hydrogen (secondary N) is 1. The highest BCUT2D eigenvalue weighted by Gasteiger charge is 2.30. The molecule has 0 unspecified atom stereocenters. The lowest BCUT2D eigenvalue weighted by atomic mass is 9.84. The van der Waals surface area contributed by atoms with Crippen molar-refractivity contribution in [3.05, 3.63) is 59.9 Å². The molecule has 1 saturated heterocycles. The SMILES string of the molecule is O=S(=O)(NC1CCC(CCN2CCC(OCc3cccc(C(F)(F)F)c3)CC2)CC1)c1cccnc1. The monoisotopic (exact) mass is 525 g/mol. The minimum atomic E-state index is -4.34. The standard InChI is InChI=1S/C26H34F3N3O3S/c27-26(28,29)22-4-1-3-21(17-22)19-35-24-11-15-32(16-12-24)14-10-20-6-8-23(9-7-20)31-36(33,34)25-5-2-13-30-18-25/h1-5,13,17-18,20,23-24,31H,6-12,14-16,19H2. The van der Waals surface area contributed by atoms with Gasteiger partial charge in [-0.1, -0.05) is 12.1 Å². The number of pyridine rings is 1. The van der Waals surface area contributed by atoms with Crippen LogP contribution in [-0.2, 0) is 27.5 Å². The number of aromatic nitrogens is 1. The van der Waals surface area contributed by atoms with Crippen LogP contribution in [0, 0.1) is 5.92 Å². The van der Waals surface area contributed by atoms with Crippen LogP contribution in [0.2, 0.25) is 0 Å². The molecule has 0 radical (unpaired) electrons. The molecule has 0 spiro atoms. The number of piperidine rings is 1. The third kappa shape index (κ3) is 7.74. The Balaban J connectivity index is 1.12. The molecule has 1 N–H and O–H groups in total. The summed E-state index contributed by atoms with van der Waals surface area (Å²) in [4.78, 5) is 6.53. The molecule has 2 aromatic rings. The van der Waals surface area contributed by atoms with Crippen molar-refractivity contribution in [3.8, 4) is 0 Å². The van der Waals surface area contributed by atoms with Gasteiger partial charge in [-0.15, -0.1) is 0 Å². The second kappa shape index (κ2) is 12.0. The quantitative estimate of drug-likeness (QED) is 0.499. The van der Waals surface area contributed by atoms with Gasteiger partial charge in [0.05, 0.1) is 18.3 Å². The Kier molecular flexibility index (Phi) is 9.03. The summed E-state index contributed by atoms with van der Waals surface area (Å²) in [5.41, 5.74) is -0.0936. The summed E-state index contributed by atoms with van der Waals surface area (Å²) >= 11 is 0. The van der Waals surface area contributed by atoms with Gasteiger partial charge in [-0.3, -0.25) is 4.98 Å². The maximum absolute atomic E-state index is 12.9. The molecule has 10 heteroatoms. The van der Waals surface area contributed by atoms with Gasteiger partial charge >= 0.3 is 6.18 Å². The number of nitrogens with zero attached hydrogens (tertiary/aromatic N) is 2. The molecule has 2 aliphatic rings. The van der Waals surface area contributed by atoms with Crippen molar-refractivity contribution in [2.24, 2.45) is 5.92 Å². The molecule has 198 valence electrons. The molecule has 1 aromatic heterocycles. The maximum Gasteiger partial charge on any atom is 0.416 e. The number of hydrogen-bond donors (Lipinski definition) is 1. The first kappa shape index (κ1) is 27.0. The second-order valence-corrected chi connectivity index (χ2v) is 11.6. The summed E-state index contributed by atoms with van der Waals surface area (Å²) < 4.78 is 72.4. The normalized spacial score (nSPS) is 22.5. The molecule has 0 amide bonds. The fourth-order valence-electron chi connectivity index (χ4n) is 5.08. The summed E-state index contributed by atoms with van der Waals surface area (Å²) in [5, 5.41) is 0. The van der Waals surface area contributed by atoms with Crippen LogP contribution in [0.25, 0.3) is 0 Å². The molecule has 1 aromatic carbocycles. The zero-order chi connectivity index (χ0) is 25.6. The summed E-state index contributed by atoms with van der Waals surface area (Å²) in [6.45, 7) is 3.06. The van der Waals surface area contributed by atoms with Crippen LogP contribution >= 0.6 is 0 Å². The van der Waals surface area contributed by atoms with Crippen molar-refractivity contribution < 1.29 is 26.3 Å². The van der Waals surface area contributed by atoms with Gasteiger partial charge in [-0.25, -0.2) is 13.1 Å². The zero-order valence-corrected chi connectivity index (χ0v) is 21.1. The molecule has 0 bridgehead atoms. The lowest BCUT2D eigenvalue weighted by molar-refractivity contribution is -0.137. The van der Waals surface area contributed by atoms with Gasteiger partial charge in [-0.05, 0) is 87.2 Å². The number of sulfonamides is 1. The Morgan fingerprint density at radius 1 is 1.03 bits per heavy atom. The topological polar surface area (TPSA) is 71.5 Å². The molecule has 0 atom stereocenters. The smallest absolute Gasteiger partial charge is 0.373 e. The first-order valence-electron chi connectivity index (χ1n) is 12.6. The molecular weight excluding hydrogens is 491 g/mol. The van der Waals surface area contributed by atoms with E-state index in [0.29, 0.717) is 11.5 Å². The predicted octanol–water partition coefficient (Wildman–Crippen LogP) is 5.01. The van der Waals surface area contributed by atoms with Gasteiger partial charge in [-0.2, -0.15) is 13.2 Å². The number of hydrogen-bond acceptors (Lipinski definition) is 5. The summed E-state index contributed by atoms with van der Waals surface area (Å²) in [5.74, 6) is 0.596. The van der Waals surface area contributed by atoms with Crippen LogP contribution in [0.1, 0.15) is 56.1 Å². The molecule has 6 nitrogen and oxygen atoms in total. The highest BCUT2D eigenvalue weighted by atomic mass is 32.2. The van der Waals surface area contributed by atoms with E-state index in [2.05, 4.69) is 14.6 Å². The largest absolute Gasteiger partial charge is 0.416 e. The fraction of sp³-hybridized carbons (Fsp3) is 0.577. The number of likely N-dealkylation sites (tertiary alicyclic amines) is 1.